The highest BCUT2D eigenvalue weighted by Gasteiger charge is 2.30. The Labute approximate surface area is 193 Å². The van der Waals surface area contributed by atoms with Crippen molar-refractivity contribution in [3.8, 4) is 11.8 Å². The van der Waals surface area contributed by atoms with Crippen molar-refractivity contribution in [1.82, 2.24) is 14.5 Å². The van der Waals surface area contributed by atoms with Gasteiger partial charge in [-0.15, -0.1) is 0 Å². The molecule has 0 fully saturated rings. The monoisotopic (exact) mass is 463 g/mol. The molecule has 0 radical (unpaired) electrons. The van der Waals surface area contributed by atoms with Crippen LogP contribution in [0.2, 0.25) is 0 Å². The van der Waals surface area contributed by atoms with E-state index in [1.54, 1.807) is 18.2 Å². The number of halogens is 3. The molecule has 2 aromatic heterocycles. The van der Waals surface area contributed by atoms with Gasteiger partial charge in [-0.1, -0.05) is 24.0 Å². The van der Waals surface area contributed by atoms with Gasteiger partial charge in [0.25, 0.3) is 5.91 Å². The van der Waals surface area contributed by atoms with E-state index in [9.17, 15) is 18.0 Å². The molecule has 0 aliphatic carbocycles. The maximum absolute atomic E-state index is 13.0. The van der Waals surface area contributed by atoms with Crippen LogP contribution in [0.4, 0.5) is 24.7 Å². The topological polar surface area (TPSA) is 85.8 Å². The fraction of sp³-hybridized carbons (Fsp3) is 0.160. The van der Waals surface area contributed by atoms with Crippen LogP contribution in [0, 0.1) is 18.8 Å². The maximum Gasteiger partial charge on any atom is 0.416 e. The highest BCUT2D eigenvalue weighted by Crippen LogP contribution is 2.31. The summed E-state index contributed by atoms with van der Waals surface area (Å²) in [6.07, 6.45) is -1.25. The van der Waals surface area contributed by atoms with E-state index in [1.807, 2.05) is 24.6 Å². The van der Waals surface area contributed by atoms with Crippen LogP contribution < -0.4 is 11.1 Å². The van der Waals surface area contributed by atoms with Crippen molar-refractivity contribution in [1.29, 1.82) is 0 Å². The highest BCUT2D eigenvalue weighted by atomic mass is 19.4. The van der Waals surface area contributed by atoms with Gasteiger partial charge in [0.05, 0.1) is 16.5 Å². The van der Waals surface area contributed by atoms with E-state index >= 15 is 0 Å². The Bertz CT molecular complexity index is 1460. The maximum atomic E-state index is 13.0. The predicted molar refractivity (Wildman–Crippen MR) is 124 cm³/mol. The predicted octanol–water partition coefficient (Wildman–Crippen LogP) is 5.01. The number of rotatable bonds is 3. The molecule has 3 N–H and O–H groups in total. The van der Waals surface area contributed by atoms with Gasteiger partial charge in [-0.25, -0.2) is 9.97 Å². The summed E-state index contributed by atoms with van der Waals surface area (Å²) in [5.41, 5.74) is 8.31. The minimum atomic E-state index is -4.50. The standard InChI is InChI=1S/C25H20F3N5O/c1-3-33-13-18(21-22(29)30-14-31-23(21)33)10-9-16-11-17(8-7-15(16)2)24(34)32-20-6-4-5-19(12-20)25(26,27)28/h4-8,11-14H,3H2,1-2H3,(H,32,34)(H2,29,30,31). The second-order valence-corrected chi connectivity index (χ2v) is 7.60. The zero-order valence-corrected chi connectivity index (χ0v) is 18.4. The van der Waals surface area contributed by atoms with Gasteiger partial charge in [0.2, 0.25) is 0 Å². The number of fused-ring (bicyclic) bond motifs is 1. The number of carbonyl (C=O) groups excluding carboxylic acids is 1. The highest BCUT2D eigenvalue weighted by molar-refractivity contribution is 6.04. The fourth-order valence-electron chi connectivity index (χ4n) is 3.49. The molecule has 1 amide bonds. The number of nitrogens with two attached hydrogens (primary N) is 1. The number of nitrogens with zero attached hydrogens (tertiary/aromatic N) is 3. The Morgan fingerprint density at radius 2 is 1.88 bits per heavy atom. The number of nitrogen functional groups attached to an aromatic ring is 1. The van der Waals surface area contributed by atoms with Crippen molar-refractivity contribution < 1.29 is 18.0 Å². The summed E-state index contributed by atoms with van der Waals surface area (Å²) in [4.78, 5) is 21.0. The van der Waals surface area contributed by atoms with Gasteiger partial charge in [0.1, 0.15) is 17.8 Å². The van der Waals surface area contributed by atoms with E-state index < -0.39 is 17.6 Å². The molecule has 2 aromatic carbocycles. The molecule has 4 rings (SSSR count). The molecular formula is C25H20F3N5O. The third kappa shape index (κ3) is 4.57. The number of carbonyl (C=O) groups is 1. The lowest BCUT2D eigenvalue weighted by Gasteiger charge is -2.10. The van der Waals surface area contributed by atoms with Crippen LogP contribution in [0.25, 0.3) is 11.0 Å². The summed E-state index contributed by atoms with van der Waals surface area (Å²) in [6, 6.07) is 9.41. The van der Waals surface area contributed by atoms with Crippen LogP contribution in [0.1, 0.15) is 39.5 Å². The number of aromatic nitrogens is 3. The van der Waals surface area contributed by atoms with Gasteiger partial charge in [-0.05, 0) is 49.7 Å². The lowest BCUT2D eigenvalue weighted by atomic mass is 10.0. The fourth-order valence-corrected chi connectivity index (χ4v) is 3.49. The van der Waals surface area contributed by atoms with Crippen molar-refractivity contribution in [3.63, 3.8) is 0 Å². The summed E-state index contributed by atoms with van der Waals surface area (Å²) in [5, 5.41) is 3.17. The van der Waals surface area contributed by atoms with Crippen LogP contribution in [0.5, 0.6) is 0 Å². The number of amides is 1. The Hall–Kier alpha value is -4.32. The van der Waals surface area contributed by atoms with E-state index in [1.165, 1.54) is 18.5 Å². The van der Waals surface area contributed by atoms with Crippen LogP contribution >= 0.6 is 0 Å². The first-order valence-corrected chi connectivity index (χ1v) is 10.4. The second kappa shape index (κ2) is 8.90. The van der Waals surface area contributed by atoms with Crippen molar-refractivity contribution >= 4 is 28.4 Å². The largest absolute Gasteiger partial charge is 0.416 e. The number of aryl methyl sites for hydroxylation is 2. The first-order valence-electron chi connectivity index (χ1n) is 10.4. The molecule has 6 nitrogen and oxygen atoms in total. The van der Waals surface area contributed by atoms with Crippen molar-refractivity contribution in [2.24, 2.45) is 0 Å². The molecular weight excluding hydrogens is 443 g/mol. The second-order valence-electron chi connectivity index (χ2n) is 7.60. The molecule has 0 aliphatic heterocycles. The number of anilines is 2. The normalized spacial score (nSPS) is 11.2. The molecule has 0 spiro atoms. The molecule has 172 valence electrons. The van der Waals surface area contributed by atoms with Crippen LogP contribution in [0.15, 0.2) is 55.0 Å². The quantitative estimate of drug-likeness (QED) is 0.418. The molecule has 0 saturated heterocycles. The van der Waals surface area contributed by atoms with Gasteiger partial charge in [0.15, 0.2) is 0 Å². The summed E-state index contributed by atoms with van der Waals surface area (Å²) in [6.45, 7) is 4.51. The van der Waals surface area contributed by atoms with E-state index in [0.29, 0.717) is 34.5 Å². The lowest BCUT2D eigenvalue weighted by molar-refractivity contribution is -0.137. The van der Waals surface area contributed by atoms with Crippen molar-refractivity contribution in [3.05, 3.63) is 82.8 Å². The summed E-state index contributed by atoms with van der Waals surface area (Å²) >= 11 is 0. The van der Waals surface area contributed by atoms with Gasteiger partial charge >= 0.3 is 6.18 Å². The Morgan fingerprint density at radius 1 is 1.12 bits per heavy atom. The Balaban J connectivity index is 1.64. The number of nitrogens with one attached hydrogen (secondary N) is 1. The van der Waals surface area contributed by atoms with Crippen molar-refractivity contribution in [2.75, 3.05) is 11.1 Å². The molecule has 9 heteroatoms. The summed E-state index contributed by atoms with van der Waals surface area (Å²) in [5.74, 6) is 5.95. The van der Waals surface area contributed by atoms with E-state index in [0.717, 1.165) is 17.7 Å². The van der Waals surface area contributed by atoms with E-state index in [2.05, 4.69) is 27.1 Å². The molecule has 0 atom stereocenters. The molecule has 0 unspecified atom stereocenters. The molecule has 0 bridgehead atoms. The minimum absolute atomic E-state index is 0.0517. The van der Waals surface area contributed by atoms with Gasteiger partial charge in [0, 0.05) is 29.6 Å². The SMILES string of the molecule is CCn1cc(C#Cc2cc(C(=O)Nc3cccc(C(F)(F)F)c3)ccc2C)c2c(N)ncnc21. The molecule has 0 saturated carbocycles. The smallest absolute Gasteiger partial charge is 0.383 e. The van der Waals surface area contributed by atoms with Crippen LogP contribution in [-0.2, 0) is 12.7 Å². The average Bonchev–Trinajstić information content (AvgIpc) is 3.17. The zero-order valence-electron chi connectivity index (χ0n) is 18.4. The zero-order chi connectivity index (χ0) is 24.5. The number of benzene rings is 2. The molecule has 34 heavy (non-hydrogen) atoms. The average molecular weight is 463 g/mol. The Morgan fingerprint density at radius 3 is 2.62 bits per heavy atom. The van der Waals surface area contributed by atoms with Gasteiger partial charge in [-0.3, -0.25) is 4.79 Å². The number of hydrogen-bond acceptors (Lipinski definition) is 4. The first-order chi connectivity index (χ1) is 16.2. The molecule has 0 aliphatic rings. The first kappa shape index (κ1) is 22.9. The van der Waals surface area contributed by atoms with Gasteiger partial charge < -0.3 is 15.6 Å². The number of hydrogen-bond donors (Lipinski definition) is 2. The van der Waals surface area contributed by atoms with Gasteiger partial charge in [-0.2, -0.15) is 13.2 Å². The third-order valence-electron chi connectivity index (χ3n) is 5.30. The van der Waals surface area contributed by atoms with Crippen LogP contribution in [-0.4, -0.2) is 20.4 Å². The molecule has 4 aromatic rings. The lowest BCUT2D eigenvalue weighted by Crippen LogP contribution is -2.13. The van der Waals surface area contributed by atoms with E-state index in [-0.39, 0.29) is 11.3 Å². The number of alkyl halides is 3. The minimum Gasteiger partial charge on any atom is -0.383 e. The Kier molecular flexibility index (Phi) is 5.99. The van der Waals surface area contributed by atoms with Crippen molar-refractivity contribution in [2.45, 2.75) is 26.6 Å². The molecule has 2 heterocycles. The summed E-state index contributed by atoms with van der Waals surface area (Å²) in [7, 11) is 0. The van der Waals surface area contributed by atoms with Crippen LogP contribution in [0.3, 0.4) is 0 Å². The van der Waals surface area contributed by atoms with E-state index in [4.69, 9.17) is 5.73 Å². The third-order valence-corrected chi connectivity index (χ3v) is 5.30. The summed E-state index contributed by atoms with van der Waals surface area (Å²) < 4.78 is 40.8.